The van der Waals surface area contributed by atoms with Gasteiger partial charge in [-0.15, -0.1) is 0 Å². The molecule has 0 saturated carbocycles. The Kier molecular flexibility index (Phi) is 0.520. The quantitative estimate of drug-likeness (QED) is 0.430. The molecule has 0 heterocycles. The normalized spacial score (nSPS) is 42.3. The molecule has 6 heavy (non-hydrogen) atoms. The first-order valence-corrected chi connectivity index (χ1v) is 1.80. The number of aliphatic hydroxyl groups is 1. The number of alkyl halides is 1. The molecule has 0 spiro atoms. The Balaban J connectivity index is 2.57. The van der Waals surface area contributed by atoms with Crippen LogP contribution in [0.5, 0.6) is 0 Å². The van der Waals surface area contributed by atoms with Crippen LogP contribution in [0.1, 0.15) is 6.42 Å². The first-order valence-electron chi connectivity index (χ1n) is 1.80. The lowest BCUT2D eigenvalue weighted by molar-refractivity contribution is -0.0527. The van der Waals surface area contributed by atoms with E-state index in [1.807, 2.05) is 0 Å². The zero-order valence-electron chi connectivity index (χ0n) is 3.19. The average Bonchev–Trinajstić information content (AvgIpc) is 1.32. The molecular formula is C4H5FO. The van der Waals surface area contributed by atoms with Crippen molar-refractivity contribution < 1.29 is 9.50 Å². The summed E-state index contributed by atoms with van der Waals surface area (Å²) in [5.41, 5.74) is 0. The standard InChI is InChI=1S/C4H5FO/c5-4(6)2-1-3-4/h1-2,6H,3H2. The van der Waals surface area contributed by atoms with Crippen molar-refractivity contribution in [3.05, 3.63) is 12.2 Å². The van der Waals surface area contributed by atoms with Gasteiger partial charge in [-0.1, -0.05) is 6.08 Å². The highest BCUT2D eigenvalue weighted by atomic mass is 19.2. The smallest absolute Gasteiger partial charge is 0.229 e. The largest absolute Gasteiger partial charge is 0.358 e. The average molecular weight is 88.1 g/mol. The first kappa shape index (κ1) is 3.81. The Morgan fingerprint density at radius 1 is 1.83 bits per heavy atom. The molecule has 0 aromatic heterocycles. The van der Waals surface area contributed by atoms with Crippen molar-refractivity contribution in [1.82, 2.24) is 0 Å². The second-order valence-electron chi connectivity index (χ2n) is 1.43. The van der Waals surface area contributed by atoms with Crippen LogP contribution in [0.2, 0.25) is 0 Å². The minimum absolute atomic E-state index is 0.160. The Morgan fingerprint density at radius 3 is 2.17 bits per heavy atom. The summed E-state index contributed by atoms with van der Waals surface area (Å²) in [4.78, 5) is 0. The van der Waals surface area contributed by atoms with Gasteiger partial charge in [0.05, 0.1) is 0 Å². The van der Waals surface area contributed by atoms with Crippen molar-refractivity contribution in [3.8, 4) is 0 Å². The molecule has 0 aromatic rings. The fourth-order valence-corrected chi connectivity index (χ4v) is 0.312. The molecule has 34 valence electrons. The molecule has 0 bridgehead atoms. The molecule has 0 aromatic carbocycles. The third-order valence-electron chi connectivity index (χ3n) is 0.777. The zero-order valence-corrected chi connectivity index (χ0v) is 3.19. The van der Waals surface area contributed by atoms with Gasteiger partial charge in [0.2, 0.25) is 5.85 Å². The van der Waals surface area contributed by atoms with Crippen LogP contribution in [0.15, 0.2) is 12.2 Å². The van der Waals surface area contributed by atoms with Crippen LogP contribution in [0.4, 0.5) is 4.39 Å². The molecule has 0 aliphatic heterocycles. The van der Waals surface area contributed by atoms with Crippen LogP contribution in [0.3, 0.4) is 0 Å². The summed E-state index contributed by atoms with van der Waals surface area (Å²) in [6.07, 6.45) is 2.88. The third kappa shape index (κ3) is 0.431. The van der Waals surface area contributed by atoms with Gasteiger partial charge in [0.15, 0.2) is 0 Å². The van der Waals surface area contributed by atoms with Gasteiger partial charge >= 0.3 is 0 Å². The maximum Gasteiger partial charge on any atom is 0.229 e. The molecular weight excluding hydrogens is 83.0 g/mol. The minimum atomic E-state index is -1.96. The third-order valence-corrected chi connectivity index (χ3v) is 0.777. The van der Waals surface area contributed by atoms with E-state index in [0.717, 1.165) is 6.08 Å². The maximum atomic E-state index is 11.7. The Bertz CT molecular complexity index is 85.5. The van der Waals surface area contributed by atoms with Gasteiger partial charge in [-0.05, 0) is 6.08 Å². The predicted octanol–water partition coefficient (Wildman–Crippen LogP) is 0.604. The number of rotatable bonds is 0. The molecule has 0 fully saturated rings. The van der Waals surface area contributed by atoms with Gasteiger partial charge in [0.25, 0.3) is 0 Å². The van der Waals surface area contributed by atoms with Gasteiger partial charge in [-0.25, -0.2) is 4.39 Å². The van der Waals surface area contributed by atoms with Gasteiger partial charge in [0.1, 0.15) is 0 Å². The van der Waals surface area contributed by atoms with E-state index < -0.39 is 5.85 Å². The van der Waals surface area contributed by atoms with E-state index in [0.29, 0.717) is 0 Å². The van der Waals surface area contributed by atoms with Gasteiger partial charge in [-0.2, -0.15) is 0 Å². The summed E-state index contributed by atoms with van der Waals surface area (Å²) in [7, 11) is 0. The first-order chi connectivity index (χ1) is 2.71. The lowest BCUT2D eigenvalue weighted by Gasteiger charge is -2.18. The fourth-order valence-electron chi connectivity index (χ4n) is 0.312. The van der Waals surface area contributed by atoms with Gasteiger partial charge in [-0.3, -0.25) is 0 Å². The number of halogens is 1. The molecule has 0 saturated heterocycles. The van der Waals surface area contributed by atoms with E-state index in [1.165, 1.54) is 0 Å². The monoisotopic (exact) mass is 88.0 g/mol. The van der Waals surface area contributed by atoms with E-state index >= 15 is 0 Å². The highest BCUT2D eigenvalue weighted by Gasteiger charge is 2.26. The number of hydrogen-bond donors (Lipinski definition) is 1. The molecule has 0 amide bonds. The zero-order chi connectivity index (χ0) is 4.62. The molecule has 0 radical (unpaired) electrons. The highest BCUT2D eigenvalue weighted by molar-refractivity contribution is 5.08. The van der Waals surface area contributed by atoms with Gasteiger partial charge < -0.3 is 5.11 Å². The van der Waals surface area contributed by atoms with Crippen molar-refractivity contribution in [2.75, 3.05) is 0 Å². The lowest BCUT2D eigenvalue weighted by Crippen LogP contribution is -2.23. The molecule has 1 nitrogen and oxygen atoms in total. The van der Waals surface area contributed by atoms with Gasteiger partial charge in [0, 0.05) is 6.42 Å². The van der Waals surface area contributed by atoms with Crippen LogP contribution in [-0.4, -0.2) is 11.0 Å². The van der Waals surface area contributed by atoms with Crippen LogP contribution >= 0.6 is 0 Å². The molecule has 1 aliphatic rings. The SMILES string of the molecule is OC1(F)C=CC1. The summed E-state index contributed by atoms with van der Waals surface area (Å²) in [5.74, 6) is -1.96. The van der Waals surface area contributed by atoms with E-state index in [1.54, 1.807) is 6.08 Å². The van der Waals surface area contributed by atoms with E-state index in [9.17, 15) is 4.39 Å². The second kappa shape index (κ2) is 0.819. The maximum absolute atomic E-state index is 11.7. The van der Waals surface area contributed by atoms with E-state index in [2.05, 4.69) is 0 Å². The summed E-state index contributed by atoms with van der Waals surface area (Å²) in [6, 6.07) is 0. The van der Waals surface area contributed by atoms with Crippen molar-refractivity contribution in [2.24, 2.45) is 0 Å². The number of hydrogen-bond acceptors (Lipinski definition) is 1. The van der Waals surface area contributed by atoms with Crippen LogP contribution in [-0.2, 0) is 0 Å². The summed E-state index contributed by atoms with van der Waals surface area (Å²) in [5, 5.41) is 8.16. The fraction of sp³-hybridized carbons (Fsp3) is 0.500. The topological polar surface area (TPSA) is 20.2 Å². The summed E-state index contributed by atoms with van der Waals surface area (Å²) < 4.78 is 11.7. The van der Waals surface area contributed by atoms with Crippen molar-refractivity contribution in [1.29, 1.82) is 0 Å². The Labute approximate surface area is 35.1 Å². The molecule has 1 N–H and O–H groups in total. The highest BCUT2D eigenvalue weighted by Crippen LogP contribution is 2.22. The summed E-state index contributed by atoms with van der Waals surface area (Å²) >= 11 is 0. The molecule has 1 rings (SSSR count). The molecule has 1 aliphatic carbocycles. The van der Waals surface area contributed by atoms with Crippen molar-refractivity contribution >= 4 is 0 Å². The Morgan fingerprint density at radius 2 is 2.17 bits per heavy atom. The van der Waals surface area contributed by atoms with Crippen LogP contribution < -0.4 is 0 Å². The predicted molar refractivity (Wildman–Crippen MR) is 19.8 cm³/mol. The van der Waals surface area contributed by atoms with Crippen LogP contribution in [0.25, 0.3) is 0 Å². The van der Waals surface area contributed by atoms with Crippen LogP contribution in [0, 0.1) is 0 Å². The van der Waals surface area contributed by atoms with E-state index in [4.69, 9.17) is 5.11 Å². The second-order valence-corrected chi connectivity index (χ2v) is 1.43. The van der Waals surface area contributed by atoms with Crippen molar-refractivity contribution in [3.63, 3.8) is 0 Å². The molecule has 2 heteroatoms. The van der Waals surface area contributed by atoms with Crippen molar-refractivity contribution in [2.45, 2.75) is 12.3 Å². The molecule has 1 atom stereocenters. The minimum Gasteiger partial charge on any atom is -0.358 e. The Hall–Kier alpha value is -0.370. The summed E-state index contributed by atoms with van der Waals surface area (Å²) in [6.45, 7) is 0. The lowest BCUT2D eigenvalue weighted by atomic mass is 10.1. The molecule has 1 unspecified atom stereocenters. The van der Waals surface area contributed by atoms with E-state index in [-0.39, 0.29) is 6.42 Å².